The number of fused-ring (bicyclic) bond motifs is 1. The van der Waals surface area contributed by atoms with Crippen LogP contribution < -0.4 is 0 Å². The SMILES string of the molecule is Cc1cc2c(C)c(C(=O)N3CCCCCC3)oc2c(S(=O)(=O)N2CCCCCC2)c1C. The fraction of sp³-hybridized carbons (Fsp3) is 0.625. The number of carbonyl (C=O) groups excluding carboxylic acids is 1. The molecule has 3 heterocycles. The molecule has 170 valence electrons. The van der Waals surface area contributed by atoms with Crippen LogP contribution in [-0.2, 0) is 10.0 Å². The van der Waals surface area contributed by atoms with E-state index in [1.807, 2.05) is 31.7 Å². The van der Waals surface area contributed by atoms with Crippen molar-refractivity contribution in [3.63, 3.8) is 0 Å². The van der Waals surface area contributed by atoms with Crippen molar-refractivity contribution in [2.24, 2.45) is 0 Å². The van der Waals surface area contributed by atoms with Gasteiger partial charge < -0.3 is 9.32 Å². The third kappa shape index (κ3) is 4.14. The molecule has 1 aromatic heterocycles. The third-order valence-electron chi connectivity index (χ3n) is 6.94. The van der Waals surface area contributed by atoms with Crippen molar-refractivity contribution >= 4 is 26.9 Å². The molecule has 0 saturated carbocycles. The van der Waals surface area contributed by atoms with Gasteiger partial charge in [0, 0.05) is 37.1 Å². The summed E-state index contributed by atoms with van der Waals surface area (Å²) >= 11 is 0. The van der Waals surface area contributed by atoms with E-state index in [0.29, 0.717) is 24.2 Å². The molecule has 0 unspecified atom stereocenters. The summed E-state index contributed by atoms with van der Waals surface area (Å²) in [7, 11) is -3.71. The largest absolute Gasteiger partial charge is 0.449 e. The molecule has 2 aliphatic heterocycles. The molecule has 2 fully saturated rings. The Bertz CT molecular complexity index is 1070. The van der Waals surface area contributed by atoms with Gasteiger partial charge in [-0.15, -0.1) is 0 Å². The van der Waals surface area contributed by atoms with Crippen LogP contribution in [0.5, 0.6) is 0 Å². The Hall–Kier alpha value is -1.86. The highest BCUT2D eigenvalue weighted by molar-refractivity contribution is 7.89. The van der Waals surface area contributed by atoms with E-state index >= 15 is 0 Å². The van der Waals surface area contributed by atoms with Crippen LogP contribution in [0.25, 0.3) is 11.0 Å². The molecular formula is C24H34N2O4S. The number of sulfonamides is 1. The lowest BCUT2D eigenvalue weighted by Crippen LogP contribution is -2.32. The van der Waals surface area contributed by atoms with Crippen molar-refractivity contribution < 1.29 is 17.6 Å². The Morgan fingerprint density at radius 3 is 1.97 bits per heavy atom. The maximum Gasteiger partial charge on any atom is 0.289 e. The minimum atomic E-state index is -3.71. The minimum Gasteiger partial charge on any atom is -0.449 e. The van der Waals surface area contributed by atoms with Crippen LogP contribution in [-0.4, -0.2) is 49.7 Å². The lowest BCUT2D eigenvalue weighted by atomic mass is 10.0. The second-order valence-corrected chi connectivity index (χ2v) is 11.0. The molecule has 4 rings (SSSR count). The smallest absolute Gasteiger partial charge is 0.289 e. The van der Waals surface area contributed by atoms with Gasteiger partial charge in [-0.2, -0.15) is 4.31 Å². The fourth-order valence-electron chi connectivity index (χ4n) is 4.89. The topological polar surface area (TPSA) is 70.8 Å². The first kappa shape index (κ1) is 22.3. The molecule has 0 aliphatic carbocycles. The Kier molecular flexibility index (Phi) is 6.44. The first-order valence-electron chi connectivity index (χ1n) is 11.6. The average molecular weight is 447 g/mol. The van der Waals surface area contributed by atoms with Crippen molar-refractivity contribution in [3.8, 4) is 0 Å². The zero-order chi connectivity index (χ0) is 22.2. The van der Waals surface area contributed by atoms with E-state index < -0.39 is 10.0 Å². The molecule has 2 aromatic rings. The number of aryl methyl sites for hydroxylation is 2. The van der Waals surface area contributed by atoms with Crippen LogP contribution in [0.1, 0.15) is 78.6 Å². The van der Waals surface area contributed by atoms with Crippen LogP contribution in [0.3, 0.4) is 0 Å². The van der Waals surface area contributed by atoms with Crippen molar-refractivity contribution in [3.05, 3.63) is 28.5 Å². The fourth-order valence-corrected chi connectivity index (χ4v) is 6.82. The summed E-state index contributed by atoms with van der Waals surface area (Å²) in [5.74, 6) is 0.165. The Labute approximate surface area is 185 Å². The lowest BCUT2D eigenvalue weighted by Gasteiger charge is -2.22. The lowest BCUT2D eigenvalue weighted by molar-refractivity contribution is 0.0730. The first-order valence-corrected chi connectivity index (χ1v) is 13.1. The van der Waals surface area contributed by atoms with Crippen molar-refractivity contribution in [1.82, 2.24) is 9.21 Å². The normalized spacial score (nSPS) is 19.4. The van der Waals surface area contributed by atoms with E-state index in [4.69, 9.17) is 4.42 Å². The van der Waals surface area contributed by atoms with Gasteiger partial charge in [0.15, 0.2) is 11.3 Å². The molecule has 2 aliphatic rings. The summed E-state index contributed by atoms with van der Waals surface area (Å²) in [6, 6.07) is 1.96. The Balaban J connectivity index is 1.83. The summed E-state index contributed by atoms with van der Waals surface area (Å²) in [6.45, 7) is 8.17. The van der Waals surface area contributed by atoms with Crippen LogP contribution in [0.15, 0.2) is 15.4 Å². The second kappa shape index (κ2) is 8.94. The number of benzene rings is 1. The number of nitrogens with zero attached hydrogens (tertiary/aromatic N) is 2. The molecule has 7 heteroatoms. The zero-order valence-corrected chi connectivity index (χ0v) is 19.8. The number of rotatable bonds is 3. The molecular weight excluding hydrogens is 412 g/mol. The summed E-state index contributed by atoms with van der Waals surface area (Å²) in [4.78, 5) is 15.4. The van der Waals surface area contributed by atoms with Gasteiger partial charge in [-0.25, -0.2) is 8.42 Å². The highest BCUT2D eigenvalue weighted by atomic mass is 32.2. The van der Waals surface area contributed by atoms with Gasteiger partial charge in [0.2, 0.25) is 10.0 Å². The molecule has 0 N–H and O–H groups in total. The summed E-state index contributed by atoms with van der Waals surface area (Å²) in [5, 5.41) is 0.731. The van der Waals surface area contributed by atoms with E-state index in [9.17, 15) is 13.2 Å². The van der Waals surface area contributed by atoms with Gasteiger partial charge in [0.1, 0.15) is 4.90 Å². The van der Waals surface area contributed by atoms with Crippen molar-refractivity contribution in [1.29, 1.82) is 0 Å². The predicted octanol–water partition coefficient (Wildman–Crippen LogP) is 4.94. The van der Waals surface area contributed by atoms with Crippen LogP contribution >= 0.6 is 0 Å². The molecule has 1 aromatic carbocycles. The molecule has 1 amide bonds. The van der Waals surface area contributed by atoms with E-state index in [0.717, 1.165) is 81.0 Å². The second-order valence-electron chi connectivity index (χ2n) is 9.11. The van der Waals surface area contributed by atoms with E-state index in [1.165, 1.54) is 0 Å². The van der Waals surface area contributed by atoms with Gasteiger partial charge in [-0.05, 0) is 63.6 Å². The zero-order valence-electron chi connectivity index (χ0n) is 19.0. The standard InChI is InChI=1S/C24H34N2O4S/c1-17-16-20-19(3)21(24(27)25-12-8-4-5-9-13-25)30-22(20)23(18(17)2)31(28,29)26-14-10-6-7-11-15-26/h16H,4-15H2,1-3H3. The number of carbonyl (C=O) groups is 1. The highest BCUT2D eigenvalue weighted by Gasteiger charge is 2.33. The monoisotopic (exact) mass is 446 g/mol. The molecule has 0 radical (unpaired) electrons. The van der Waals surface area contributed by atoms with Crippen molar-refractivity contribution in [2.45, 2.75) is 77.0 Å². The van der Waals surface area contributed by atoms with Gasteiger partial charge in [0.05, 0.1) is 0 Å². The number of hydrogen-bond donors (Lipinski definition) is 0. The van der Waals surface area contributed by atoms with Gasteiger partial charge >= 0.3 is 0 Å². The summed E-state index contributed by atoms with van der Waals surface area (Å²) in [6.07, 6.45) is 8.14. The van der Waals surface area contributed by atoms with Gasteiger partial charge in [-0.1, -0.05) is 25.7 Å². The van der Waals surface area contributed by atoms with Crippen molar-refractivity contribution in [2.75, 3.05) is 26.2 Å². The van der Waals surface area contributed by atoms with E-state index in [2.05, 4.69) is 0 Å². The Morgan fingerprint density at radius 1 is 0.839 bits per heavy atom. The van der Waals surface area contributed by atoms with Crippen LogP contribution in [0.2, 0.25) is 0 Å². The van der Waals surface area contributed by atoms with Gasteiger partial charge in [-0.3, -0.25) is 4.79 Å². The molecule has 2 saturated heterocycles. The highest BCUT2D eigenvalue weighted by Crippen LogP contribution is 2.37. The Morgan fingerprint density at radius 2 is 1.39 bits per heavy atom. The maximum atomic E-state index is 13.7. The molecule has 0 bridgehead atoms. The minimum absolute atomic E-state index is 0.121. The number of furan rings is 1. The first-order chi connectivity index (χ1) is 14.8. The number of hydrogen-bond acceptors (Lipinski definition) is 4. The molecule has 0 spiro atoms. The quantitative estimate of drug-likeness (QED) is 0.670. The predicted molar refractivity (Wildman–Crippen MR) is 122 cm³/mol. The van der Waals surface area contributed by atoms with E-state index in [-0.39, 0.29) is 16.6 Å². The molecule has 6 nitrogen and oxygen atoms in total. The summed E-state index contributed by atoms with van der Waals surface area (Å²) in [5.41, 5.74) is 2.68. The molecule has 0 atom stereocenters. The number of amides is 1. The number of likely N-dealkylation sites (tertiary alicyclic amines) is 1. The van der Waals surface area contributed by atoms with Crippen LogP contribution in [0.4, 0.5) is 0 Å². The average Bonchev–Trinajstić information content (AvgIpc) is 3.03. The third-order valence-corrected chi connectivity index (χ3v) is 9.00. The maximum absolute atomic E-state index is 13.7. The van der Waals surface area contributed by atoms with E-state index in [1.54, 1.807) is 4.31 Å². The van der Waals surface area contributed by atoms with Gasteiger partial charge in [0.25, 0.3) is 5.91 Å². The molecule has 31 heavy (non-hydrogen) atoms. The van der Waals surface area contributed by atoms with Crippen LogP contribution in [0, 0.1) is 20.8 Å². The summed E-state index contributed by atoms with van der Waals surface area (Å²) < 4.78 is 35.2.